The van der Waals surface area contributed by atoms with Gasteiger partial charge in [0.2, 0.25) is 0 Å². The first-order valence-corrected chi connectivity index (χ1v) is 4.77. The van der Waals surface area contributed by atoms with Crippen LogP contribution in [0, 0.1) is 0 Å². The van der Waals surface area contributed by atoms with E-state index in [1.807, 2.05) is 0 Å². The van der Waals surface area contributed by atoms with Crippen molar-refractivity contribution in [1.82, 2.24) is 0 Å². The van der Waals surface area contributed by atoms with Crippen LogP contribution < -0.4 is 0 Å². The van der Waals surface area contributed by atoms with Crippen LogP contribution in [0.15, 0.2) is 23.3 Å². The van der Waals surface area contributed by atoms with E-state index in [4.69, 9.17) is 4.74 Å². The number of methoxy groups -OCH3 is 1. The molecule has 0 spiro atoms. The monoisotopic (exact) mass is 178 g/mol. The number of hydrogen-bond acceptors (Lipinski definition) is 2. The van der Waals surface area contributed by atoms with Crippen LogP contribution in [0.2, 0.25) is 0 Å². The molecule has 2 aliphatic rings. The second kappa shape index (κ2) is 3.46. The SMILES string of the molecule is CO[C@@H]1CC=C(C2=CCCC2=O)C1. The third-order valence-corrected chi connectivity index (χ3v) is 2.77. The molecule has 2 heteroatoms. The van der Waals surface area contributed by atoms with Crippen molar-refractivity contribution < 1.29 is 9.53 Å². The normalized spacial score (nSPS) is 27.8. The Kier molecular flexibility index (Phi) is 2.32. The van der Waals surface area contributed by atoms with E-state index >= 15 is 0 Å². The summed E-state index contributed by atoms with van der Waals surface area (Å²) in [4.78, 5) is 11.4. The van der Waals surface area contributed by atoms with Crippen LogP contribution in [-0.4, -0.2) is 19.0 Å². The Balaban J connectivity index is 2.07. The number of allylic oxidation sites excluding steroid dienone is 2. The molecule has 1 atom stereocenters. The van der Waals surface area contributed by atoms with Gasteiger partial charge in [0.1, 0.15) is 0 Å². The lowest BCUT2D eigenvalue weighted by molar-refractivity contribution is -0.114. The van der Waals surface area contributed by atoms with Crippen molar-refractivity contribution in [2.24, 2.45) is 0 Å². The third kappa shape index (κ3) is 1.59. The van der Waals surface area contributed by atoms with Crippen LogP contribution in [0.4, 0.5) is 0 Å². The summed E-state index contributed by atoms with van der Waals surface area (Å²) in [6.07, 6.45) is 7.98. The van der Waals surface area contributed by atoms with Crippen LogP contribution in [-0.2, 0) is 9.53 Å². The van der Waals surface area contributed by atoms with Crippen LogP contribution in [0.1, 0.15) is 25.7 Å². The summed E-state index contributed by atoms with van der Waals surface area (Å²) in [5.74, 6) is 0.308. The molecule has 70 valence electrons. The van der Waals surface area contributed by atoms with Gasteiger partial charge in [0.25, 0.3) is 0 Å². The fourth-order valence-electron chi connectivity index (χ4n) is 1.99. The molecular weight excluding hydrogens is 164 g/mol. The van der Waals surface area contributed by atoms with Crippen molar-refractivity contribution in [3.8, 4) is 0 Å². The van der Waals surface area contributed by atoms with Gasteiger partial charge < -0.3 is 4.74 Å². The Bertz CT molecular complexity index is 286. The van der Waals surface area contributed by atoms with Crippen LogP contribution in [0.5, 0.6) is 0 Å². The van der Waals surface area contributed by atoms with Gasteiger partial charge in [-0.2, -0.15) is 0 Å². The van der Waals surface area contributed by atoms with Gasteiger partial charge in [0, 0.05) is 19.1 Å². The van der Waals surface area contributed by atoms with Crippen LogP contribution >= 0.6 is 0 Å². The first-order valence-electron chi connectivity index (χ1n) is 4.77. The highest BCUT2D eigenvalue weighted by Gasteiger charge is 2.24. The molecule has 2 aliphatic carbocycles. The molecule has 0 heterocycles. The molecule has 0 N–H and O–H groups in total. The molecule has 0 aliphatic heterocycles. The summed E-state index contributed by atoms with van der Waals surface area (Å²) in [5, 5.41) is 0. The van der Waals surface area contributed by atoms with Crippen molar-refractivity contribution in [3.05, 3.63) is 23.3 Å². The van der Waals surface area contributed by atoms with E-state index in [2.05, 4.69) is 12.2 Å². The summed E-state index contributed by atoms with van der Waals surface area (Å²) < 4.78 is 5.25. The van der Waals surface area contributed by atoms with Gasteiger partial charge >= 0.3 is 0 Å². The lowest BCUT2D eigenvalue weighted by Gasteiger charge is -2.07. The van der Waals surface area contributed by atoms with E-state index in [9.17, 15) is 4.79 Å². The number of hydrogen-bond donors (Lipinski definition) is 0. The molecule has 0 unspecified atom stereocenters. The molecule has 0 saturated carbocycles. The zero-order valence-electron chi connectivity index (χ0n) is 7.88. The van der Waals surface area contributed by atoms with E-state index in [0.29, 0.717) is 18.3 Å². The van der Waals surface area contributed by atoms with Gasteiger partial charge in [-0.3, -0.25) is 4.79 Å². The first-order chi connectivity index (χ1) is 6.31. The van der Waals surface area contributed by atoms with Gasteiger partial charge in [0.05, 0.1) is 6.10 Å². The average molecular weight is 178 g/mol. The molecule has 2 nitrogen and oxygen atoms in total. The maximum absolute atomic E-state index is 11.4. The summed E-state index contributed by atoms with van der Waals surface area (Å²) in [6, 6.07) is 0. The Morgan fingerprint density at radius 3 is 2.85 bits per heavy atom. The summed E-state index contributed by atoms with van der Waals surface area (Å²) >= 11 is 0. The number of carbonyl (C=O) groups excluding carboxylic acids is 1. The Labute approximate surface area is 78.3 Å². The molecule has 2 rings (SSSR count). The molecule has 0 saturated heterocycles. The number of ketones is 1. The second-order valence-corrected chi connectivity index (χ2v) is 3.61. The maximum Gasteiger partial charge on any atom is 0.163 e. The lowest BCUT2D eigenvalue weighted by atomic mass is 10.0. The molecular formula is C11H14O2. The molecule has 0 amide bonds. The highest BCUT2D eigenvalue weighted by atomic mass is 16.5. The molecule has 0 bridgehead atoms. The number of rotatable bonds is 2. The Morgan fingerprint density at radius 2 is 2.31 bits per heavy atom. The van der Waals surface area contributed by atoms with Crippen molar-refractivity contribution in [2.45, 2.75) is 31.8 Å². The minimum absolute atomic E-state index is 0.296. The number of Topliss-reactive ketones (excluding diaryl/α,β-unsaturated/α-hetero) is 1. The fourth-order valence-corrected chi connectivity index (χ4v) is 1.99. The highest BCUT2D eigenvalue weighted by Crippen LogP contribution is 2.31. The fraction of sp³-hybridized carbons (Fsp3) is 0.545. The summed E-state index contributed by atoms with van der Waals surface area (Å²) in [7, 11) is 1.73. The topological polar surface area (TPSA) is 26.3 Å². The van der Waals surface area contributed by atoms with Crippen molar-refractivity contribution in [3.63, 3.8) is 0 Å². The number of ether oxygens (including phenoxy) is 1. The minimum Gasteiger partial charge on any atom is -0.381 e. The van der Waals surface area contributed by atoms with Gasteiger partial charge in [-0.25, -0.2) is 0 Å². The summed E-state index contributed by atoms with van der Waals surface area (Å²) in [6.45, 7) is 0. The zero-order chi connectivity index (χ0) is 9.26. The molecule has 0 aromatic carbocycles. The van der Waals surface area contributed by atoms with Gasteiger partial charge in [-0.15, -0.1) is 0 Å². The van der Waals surface area contributed by atoms with Gasteiger partial charge in [-0.1, -0.05) is 12.2 Å². The number of carbonyl (C=O) groups is 1. The van der Waals surface area contributed by atoms with Crippen molar-refractivity contribution in [1.29, 1.82) is 0 Å². The lowest BCUT2D eigenvalue weighted by Crippen LogP contribution is -2.06. The summed E-state index contributed by atoms with van der Waals surface area (Å²) in [5.41, 5.74) is 2.16. The van der Waals surface area contributed by atoms with Crippen molar-refractivity contribution >= 4 is 5.78 Å². The standard InChI is InChI=1S/C11H14O2/c1-13-9-6-5-8(7-9)10-3-2-4-11(10)12/h3,5,9H,2,4,6-7H2,1H3/t9-/m1/s1. The van der Waals surface area contributed by atoms with E-state index in [-0.39, 0.29) is 0 Å². The Hall–Kier alpha value is -0.890. The second-order valence-electron chi connectivity index (χ2n) is 3.61. The van der Waals surface area contributed by atoms with E-state index in [0.717, 1.165) is 24.8 Å². The molecule has 0 aromatic heterocycles. The molecule has 0 aromatic rings. The van der Waals surface area contributed by atoms with E-state index < -0.39 is 0 Å². The van der Waals surface area contributed by atoms with Crippen molar-refractivity contribution in [2.75, 3.05) is 7.11 Å². The van der Waals surface area contributed by atoms with E-state index in [1.165, 1.54) is 5.57 Å². The molecule has 0 radical (unpaired) electrons. The minimum atomic E-state index is 0.296. The highest BCUT2D eigenvalue weighted by molar-refractivity contribution is 6.01. The van der Waals surface area contributed by atoms with Crippen LogP contribution in [0.25, 0.3) is 0 Å². The quantitative estimate of drug-likeness (QED) is 0.646. The third-order valence-electron chi connectivity index (χ3n) is 2.77. The predicted molar refractivity (Wildman–Crippen MR) is 50.4 cm³/mol. The van der Waals surface area contributed by atoms with Gasteiger partial charge in [0.15, 0.2) is 5.78 Å². The first kappa shape index (κ1) is 8.70. The van der Waals surface area contributed by atoms with Crippen LogP contribution in [0.3, 0.4) is 0 Å². The zero-order valence-corrected chi connectivity index (χ0v) is 7.88. The smallest absolute Gasteiger partial charge is 0.163 e. The maximum atomic E-state index is 11.4. The molecule has 13 heavy (non-hydrogen) atoms. The molecule has 0 fully saturated rings. The van der Waals surface area contributed by atoms with Gasteiger partial charge in [-0.05, 0) is 24.8 Å². The predicted octanol–water partition coefficient (Wildman–Crippen LogP) is 2.01. The largest absolute Gasteiger partial charge is 0.381 e. The average Bonchev–Trinajstić information content (AvgIpc) is 2.71. The Morgan fingerprint density at radius 1 is 1.46 bits per heavy atom. The van der Waals surface area contributed by atoms with E-state index in [1.54, 1.807) is 7.11 Å².